The smallest absolute Gasteiger partial charge is 0.339 e. The van der Waals surface area contributed by atoms with Gasteiger partial charge < -0.3 is 9.15 Å². The summed E-state index contributed by atoms with van der Waals surface area (Å²) >= 11 is 0. The van der Waals surface area contributed by atoms with Gasteiger partial charge >= 0.3 is 5.63 Å². The summed E-state index contributed by atoms with van der Waals surface area (Å²) in [6.45, 7) is 0.141. The summed E-state index contributed by atoms with van der Waals surface area (Å²) in [6, 6.07) is 4.85. The number of ether oxygens (including phenoxy) is 1. The molecule has 0 aliphatic carbocycles. The third-order valence-corrected chi connectivity index (χ3v) is 2.60. The highest BCUT2D eigenvalue weighted by molar-refractivity contribution is 5.83. The van der Waals surface area contributed by atoms with Crippen molar-refractivity contribution in [3.63, 3.8) is 0 Å². The molecule has 0 saturated heterocycles. The van der Waals surface area contributed by atoms with Gasteiger partial charge in [0.1, 0.15) is 17.1 Å². The molecule has 1 aromatic carbocycles. The van der Waals surface area contributed by atoms with Crippen molar-refractivity contribution >= 4 is 16.9 Å². The van der Waals surface area contributed by atoms with Crippen LogP contribution in [-0.4, -0.2) is 17.7 Å². The number of fused-ring (bicyclic) bond motifs is 1. The molecule has 1 aromatic heterocycles. The first-order valence-corrected chi connectivity index (χ1v) is 5.89. The number of hydroxylamine groups is 1. The van der Waals surface area contributed by atoms with Gasteiger partial charge in [-0.3, -0.25) is 10.0 Å². The summed E-state index contributed by atoms with van der Waals surface area (Å²) in [5.74, 6) is -0.812. The molecule has 2 N–H and O–H groups in total. The van der Waals surface area contributed by atoms with Crippen molar-refractivity contribution in [3.8, 4) is 5.75 Å². The molecule has 0 aliphatic rings. The van der Waals surface area contributed by atoms with E-state index in [2.05, 4.69) is 0 Å². The van der Waals surface area contributed by atoms with Gasteiger partial charge in [-0.25, -0.2) is 14.7 Å². The van der Waals surface area contributed by atoms with Crippen LogP contribution in [0, 0.1) is 5.82 Å². The molecule has 0 bridgehead atoms. The van der Waals surface area contributed by atoms with E-state index in [1.807, 2.05) is 0 Å². The van der Waals surface area contributed by atoms with Gasteiger partial charge in [0.25, 0.3) is 0 Å². The van der Waals surface area contributed by atoms with Gasteiger partial charge in [-0.15, -0.1) is 0 Å². The van der Waals surface area contributed by atoms with Crippen molar-refractivity contribution in [2.24, 2.45) is 0 Å². The average molecular weight is 281 g/mol. The van der Waals surface area contributed by atoms with Gasteiger partial charge in [-0.05, 0) is 24.6 Å². The molecule has 0 atom stereocenters. The van der Waals surface area contributed by atoms with E-state index < -0.39 is 17.3 Å². The van der Waals surface area contributed by atoms with E-state index in [1.54, 1.807) is 0 Å². The molecule has 7 heteroatoms. The molecule has 106 valence electrons. The third-order valence-electron chi connectivity index (χ3n) is 2.60. The van der Waals surface area contributed by atoms with Crippen LogP contribution in [0.25, 0.3) is 11.0 Å². The van der Waals surface area contributed by atoms with Crippen molar-refractivity contribution in [1.82, 2.24) is 5.48 Å². The van der Waals surface area contributed by atoms with Crippen molar-refractivity contribution in [1.29, 1.82) is 0 Å². The second-order valence-electron chi connectivity index (χ2n) is 4.06. The average Bonchev–Trinajstić information content (AvgIpc) is 2.43. The molecule has 0 spiro atoms. The van der Waals surface area contributed by atoms with Crippen LogP contribution in [0.3, 0.4) is 0 Å². The quantitative estimate of drug-likeness (QED) is 0.376. The summed E-state index contributed by atoms with van der Waals surface area (Å²) in [6.07, 6.45) is 0.410. The lowest BCUT2D eigenvalue weighted by molar-refractivity contribution is -0.129. The maximum atomic E-state index is 13.2. The van der Waals surface area contributed by atoms with Gasteiger partial charge in [-0.2, -0.15) is 0 Å². The maximum absolute atomic E-state index is 13.2. The lowest BCUT2D eigenvalue weighted by atomic mass is 10.2. The summed E-state index contributed by atoms with van der Waals surface area (Å²) in [5, 5.41) is 8.67. The molecule has 0 saturated carbocycles. The van der Waals surface area contributed by atoms with Crippen molar-refractivity contribution in [2.45, 2.75) is 12.8 Å². The predicted molar refractivity (Wildman–Crippen MR) is 67.1 cm³/mol. The summed E-state index contributed by atoms with van der Waals surface area (Å²) in [7, 11) is 0. The first kappa shape index (κ1) is 14.0. The Balaban J connectivity index is 2.14. The topological polar surface area (TPSA) is 88.8 Å². The number of carbonyl (C=O) groups is 1. The van der Waals surface area contributed by atoms with Crippen LogP contribution in [0.5, 0.6) is 5.75 Å². The zero-order chi connectivity index (χ0) is 14.5. The first-order chi connectivity index (χ1) is 9.60. The second kappa shape index (κ2) is 6.16. The number of benzene rings is 1. The van der Waals surface area contributed by atoms with E-state index >= 15 is 0 Å². The Morgan fingerprint density at radius 3 is 2.95 bits per heavy atom. The summed E-state index contributed by atoms with van der Waals surface area (Å²) < 4.78 is 23.5. The van der Waals surface area contributed by atoms with Gasteiger partial charge in [0.15, 0.2) is 0 Å². The van der Waals surface area contributed by atoms with Crippen LogP contribution in [0.4, 0.5) is 4.39 Å². The monoisotopic (exact) mass is 281 g/mol. The van der Waals surface area contributed by atoms with E-state index in [0.717, 1.165) is 6.07 Å². The van der Waals surface area contributed by atoms with Crippen LogP contribution in [-0.2, 0) is 4.79 Å². The van der Waals surface area contributed by atoms with Crippen LogP contribution in [0.1, 0.15) is 12.8 Å². The van der Waals surface area contributed by atoms with Crippen LogP contribution >= 0.6 is 0 Å². The molecule has 2 rings (SSSR count). The second-order valence-corrected chi connectivity index (χ2v) is 4.06. The molecular formula is C13H12FNO5. The van der Waals surface area contributed by atoms with E-state index in [1.165, 1.54) is 23.7 Å². The lowest BCUT2D eigenvalue weighted by Gasteiger charge is -2.08. The first-order valence-electron chi connectivity index (χ1n) is 5.89. The normalized spacial score (nSPS) is 10.5. The number of hydrogen-bond donors (Lipinski definition) is 2. The number of carbonyl (C=O) groups excluding carboxylic acids is 1. The fourth-order valence-electron chi connectivity index (χ4n) is 1.70. The van der Waals surface area contributed by atoms with Crippen LogP contribution in [0.2, 0.25) is 0 Å². The standard InChI is InChI=1S/C13H12FNO5/c14-8-3-4-10-9(6-8)11(7-13(17)20-10)19-5-1-2-12(16)15-18/h3-4,6-7,18H,1-2,5H2,(H,15,16). The zero-order valence-electron chi connectivity index (χ0n) is 10.4. The fraction of sp³-hybridized carbons (Fsp3) is 0.231. The largest absolute Gasteiger partial charge is 0.493 e. The van der Waals surface area contributed by atoms with Crippen molar-refractivity contribution in [3.05, 3.63) is 40.5 Å². The molecule has 0 aliphatic heterocycles. The Morgan fingerprint density at radius 2 is 2.20 bits per heavy atom. The molecule has 2 aromatic rings. The van der Waals surface area contributed by atoms with E-state index in [9.17, 15) is 14.0 Å². The minimum absolute atomic E-state index is 0.0736. The van der Waals surface area contributed by atoms with Crippen LogP contribution < -0.4 is 15.8 Å². The highest BCUT2D eigenvalue weighted by Gasteiger charge is 2.08. The Bertz CT molecular complexity index is 682. The molecular weight excluding hydrogens is 269 g/mol. The van der Waals surface area contributed by atoms with E-state index in [-0.39, 0.29) is 24.4 Å². The molecule has 0 radical (unpaired) electrons. The number of hydrogen-bond acceptors (Lipinski definition) is 5. The predicted octanol–water partition coefficient (Wildman–Crippen LogP) is 1.60. The maximum Gasteiger partial charge on any atom is 0.339 e. The SMILES string of the molecule is O=C(CCCOc1cc(=O)oc2ccc(F)cc12)NO. The molecule has 20 heavy (non-hydrogen) atoms. The Kier molecular flexibility index (Phi) is 4.31. The molecule has 1 heterocycles. The fourth-order valence-corrected chi connectivity index (χ4v) is 1.70. The van der Waals surface area contributed by atoms with Gasteiger partial charge in [0.05, 0.1) is 18.1 Å². The molecule has 6 nitrogen and oxygen atoms in total. The van der Waals surface area contributed by atoms with Crippen molar-refractivity contribution < 1.29 is 23.5 Å². The van der Waals surface area contributed by atoms with Gasteiger partial charge in [0.2, 0.25) is 5.91 Å². The zero-order valence-corrected chi connectivity index (χ0v) is 10.4. The van der Waals surface area contributed by atoms with E-state index in [0.29, 0.717) is 11.8 Å². The summed E-state index contributed by atoms with van der Waals surface area (Å²) in [5.41, 5.74) is 1.12. The lowest BCUT2D eigenvalue weighted by Crippen LogP contribution is -2.18. The highest BCUT2D eigenvalue weighted by Crippen LogP contribution is 2.24. The number of halogens is 1. The number of amides is 1. The molecule has 0 unspecified atom stereocenters. The summed E-state index contributed by atoms with van der Waals surface area (Å²) in [4.78, 5) is 22.1. The van der Waals surface area contributed by atoms with Crippen LogP contribution in [0.15, 0.2) is 33.5 Å². The Morgan fingerprint density at radius 1 is 1.40 bits per heavy atom. The minimum atomic E-state index is -0.604. The highest BCUT2D eigenvalue weighted by atomic mass is 19.1. The van der Waals surface area contributed by atoms with Gasteiger partial charge in [0, 0.05) is 6.42 Å². The number of rotatable bonds is 5. The Hall–Kier alpha value is -2.41. The Labute approximate surface area is 112 Å². The van der Waals surface area contributed by atoms with Crippen molar-refractivity contribution in [2.75, 3.05) is 6.61 Å². The molecule has 1 amide bonds. The molecule has 0 fully saturated rings. The van der Waals surface area contributed by atoms with E-state index in [4.69, 9.17) is 14.4 Å². The minimum Gasteiger partial charge on any atom is -0.493 e. The number of nitrogens with one attached hydrogen (secondary N) is 1. The van der Waals surface area contributed by atoms with Gasteiger partial charge in [-0.1, -0.05) is 0 Å². The third kappa shape index (κ3) is 3.33.